The number of aromatic nitrogens is 2. The Morgan fingerprint density at radius 3 is 2.68 bits per heavy atom. The third-order valence-corrected chi connectivity index (χ3v) is 4.00. The van der Waals surface area contributed by atoms with Crippen molar-refractivity contribution in [3.63, 3.8) is 0 Å². The average molecular weight is 294 g/mol. The van der Waals surface area contributed by atoms with Crippen molar-refractivity contribution in [3.05, 3.63) is 60.6 Å². The van der Waals surface area contributed by atoms with Crippen LogP contribution < -0.4 is 5.32 Å². The number of nitrogens with one attached hydrogen (secondary N) is 1. The number of benzene rings is 1. The van der Waals surface area contributed by atoms with Crippen LogP contribution in [0.15, 0.2) is 55.0 Å². The Balaban J connectivity index is 1.41. The lowest BCUT2D eigenvalue weighted by Gasteiger charge is -2.31. The van der Waals surface area contributed by atoms with Crippen molar-refractivity contribution in [1.29, 1.82) is 0 Å². The van der Waals surface area contributed by atoms with Gasteiger partial charge in [0.25, 0.3) is 0 Å². The minimum Gasteiger partial charge on any atom is -0.367 e. The quantitative estimate of drug-likeness (QED) is 0.920. The molecule has 0 radical (unpaired) electrons. The van der Waals surface area contributed by atoms with Crippen LogP contribution in [0.25, 0.3) is 6.08 Å². The molecule has 1 aromatic heterocycles. The molecule has 0 unspecified atom stereocenters. The van der Waals surface area contributed by atoms with Gasteiger partial charge in [0, 0.05) is 31.9 Å². The normalized spacial score (nSPS) is 16.9. The molecule has 0 atom stereocenters. The van der Waals surface area contributed by atoms with Crippen molar-refractivity contribution in [1.82, 2.24) is 14.9 Å². The molecule has 0 aliphatic carbocycles. The van der Waals surface area contributed by atoms with Gasteiger partial charge >= 0.3 is 0 Å². The van der Waals surface area contributed by atoms with Crippen molar-refractivity contribution >= 4 is 11.9 Å². The summed E-state index contributed by atoms with van der Waals surface area (Å²) in [6.45, 7) is 3.28. The van der Waals surface area contributed by atoms with E-state index in [4.69, 9.17) is 0 Å². The summed E-state index contributed by atoms with van der Waals surface area (Å²) >= 11 is 0. The van der Waals surface area contributed by atoms with Gasteiger partial charge in [-0.2, -0.15) is 0 Å². The Labute approximate surface area is 131 Å². The first-order valence-electron chi connectivity index (χ1n) is 7.87. The maximum atomic E-state index is 4.23. The van der Waals surface area contributed by atoms with Gasteiger partial charge in [-0.3, -0.25) is 4.90 Å². The molecule has 3 rings (SSSR count). The van der Waals surface area contributed by atoms with Crippen LogP contribution in [-0.4, -0.2) is 40.5 Å². The Morgan fingerprint density at radius 2 is 1.95 bits per heavy atom. The molecular formula is C18H22N4. The zero-order valence-electron chi connectivity index (χ0n) is 12.7. The zero-order valence-corrected chi connectivity index (χ0v) is 12.7. The fraction of sp³-hybridized carbons (Fsp3) is 0.333. The largest absolute Gasteiger partial charge is 0.367 e. The molecule has 4 heteroatoms. The maximum Gasteiger partial charge on any atom is 0.129 e. The Kier molecular flexibility index (Phi) is 5.16. The second kappa shape index (κ2) is 7.71. The van der Waals surface area contributed by atoms with Crippen LogP contribution in [0.4, 0.5) is 5.82 Å². The molecule has 1 aromatic carbocycles. The van der Waals surface area contributed by atoms with Gasteiger partial charge < -0.3 is 5.32 Å². The number of likely N-dealkylation sites (tertiary alicyclic amines) is 1. The number of rotatable bonds is 5. The molecule has 1 fully saturated rings. The third kappa shape index (κ3) is 4.40. The molecule has 1 N–H and O–H groups in total. The van der Waals surface area contributed by atoms with E-state index in [1.807, 2.05) is 12.1 Å². The van der Waals surface area contributed by atoms with Gasteiger partial charge in [0.15, 0.2) is 0 Å². The van der Waals surface area contributed by atoms with Crippen molar-refractivity contribution in [2.75, 3.05) is 25.0 Å². The summed E-state index contributed by atoms with van der Waals surface area (Å²) in [7, 11) is 0. The predicted molar refractivity (Wildman–Crippen MR) is 90.6 cm³/mol. The van der Waals surface area contributed by atoms with E-state index >= 15 is 0 Å². The number of hydrogen-bond acceptors (Lipinski definition) is 4. The van der Waals surface area contributed by atoms with E-state index in [1.165, 1.54) is 5.56 Å². The maximum absolute atomic E-state index is 4.23. The molecule has 0 amide bonds. The monoisotopic (exact) mass is 294 g/mol. The summed E-state index contributed by atoms with van der Waals surface area (Å²) in [5.41, 5.74) is 1.27. The van der Waals surface area contributed by atoms with E-state index in [0.717, 1.165) is 38.3 Å². The lowest BCUT2D eigenvalue weighted by Crippen LogP contribution is -2.39. The summed E-state index contributed by atoms with van der Waals surface area (Å²) in [4.78, 5) is 10.7. The summed E-state index contributed by atoms with van der Waals surface area (Å²) in [5, 5.41) is 3.49. The van der Waals surface area contributed by atoms with Crippen molar-refractivity contribution in [3.8, 4) is 0 Å². The third-order valence-electron chi connectivity index (χ3n) is 4.00. The summed E-state index contributed by atoms with van der Waals surface area (Å²) < 4.78 is 0. The summed E-state index contributed by atoms with van der Waals surface area (Å²) in [6, 6.07) is 12.9. The highest BCUT2D eigenvalue weighted by Crippen LogP contribution is 2.14. The van der Waals surface area contributed by atoms with E-state index in [-0.39, 0.29) is 0 Å². The molecule has 1 aliphatic heterocycles. The van der Waals surface area contributed by atoms with Crippen LogP contribution >= 0.6 is 0 Å². The van der Waals surface area contributed by atoms with Crippen LogP contribution in [0.1, 0.15) is 18.4 Å². The minimum absolute atomic E-state index is 0.518. The Morgan fingerprint density at radius 1 is 1.14 bits per heavy atom. The molecule has 114 valence electrons. The van der Waals surface area contributed by atoms with E-state index in [0.29, 0.717) is 6.04 Å². The number of hydrogen-bond donors (Lipinski definition) is 1. The Hall–Kier alpha value is -2.20. The van der Waals surface area contributed by atoms with Gasteiger partial charge in [0.2, 0.25) is 0 Å². The molecule has 2 heterocycles. The van der Waals surface area contributed by atoms with E-state index in [2.05, 4.69) is 56.6 Å². The first-order chi connectivity index (χ1) is 10.9. The predicted octanol–water partition coefficient (Wildman–Crippen LogP) is 3.07. The first-order valence-corrected chi connectivity index (χ1v) is 7.87. The first kappa shape index (κ1) is 14.7. The lowest BCUT2D eigenvalue weighted by molar-refractivity contribution is 0.240. The second-order valence-electron chi connectivity index (χ2n) is 5.63. The van der Waals surface area contributed by atoms with Gasteiger partial charge in [0.05, 0.1) is 0 Å². The van der Waals surface area contributed by atoms with E-state index < -0.39 is 0 Å². The average Bonchev–Trinajstić information content (AvgIpc) is 2.58. The highest BCUT2D eigenvalue weighted by atomic mass is 15.1. The van der Waals surface area contributed by atoms with Crippen molar-refractivity contribution in [2.45, 2.75) is 18.9 Å². The van der Waals surface area contributed by atoms with E-state index in [1.54, 1.807) is 12.5 Å². The molecular weight excluding hydrogens is 272 g/mol. The van der Waals surface area contributed by atoms with E-state index in [9.17, 15) is 0 Å². The van der Waals surface area contributed by atoms with Gasteiger partial charge in [-0.1, -0.05) is 42.5 Å². The van der Waals surface area contributed by atoms with Crippen molar-refractivity contribution in [2.24, 2.45) is 0 Å². The van der Waals surface area contributed by atoms with Gasteiger partial charge in [0.1, 0.15) is 12.1 Å². The second-order valence-corrected chi connectivity index (χ2v) is 5.63. The highest BCUT2D eigenvalue weighted by Gasteiger charge is 2.18. The number of nitrogens with zero attached hydrogens (tertiary/aromatic N) is 3. The summed E-state index contributed by atoms with van der Waals surface area (Å²) in [6.07, 6.45) is 10.1. The lowest BCUT2D eigenvalue weighted by atomic mass is 10.1. The van der Waals surface area contributed by atoms with Crippen LogP contribution in [-0.2, 0) is 0 Å². The molecule has 2 aromatic rings. The molecule has 22 heavy (non-hydrogen) atoms. The van der Waals surface area contributed by atoms with Crippen LogP contribution in [0.2, 0.25) is 0 Å². The molecule has 0 spiro atoms. The van der Waals surface area contributed by atoms with Gasteiger partial charge in [-0.15, -0.1) is 0 Å². The highest BCUT2D eigenvalue weighted by molar-refractivity contribution is 5.48. The molecule has 1 saturated heterocycles. The smallest absolute Gasteiger partial charge is 0.129 e. The number of anilines is 1. The van der Waals surface area contributed by atoms with Crippen LogP contribution in [0.5, 0.6) is 0 Å². The molecule has 0 bridgehead atoms. The summed E-state index contributed by atoms with van der Waals surface area (Å²) in [5.74, 6) is 0.928. The zero-order chi connectivity index (χ0) is 15.0. The fourth-order valence-corrected chi connectivity index (χ4v) is 2.75. The van der Waals surface area contributed by atoms with Gasteiger partial charge in [-0.05, 0) is 24.5 Å². The van der Waals surface area contributed by atoms with Crippen LogP contribution in [0, 0.1) is 0 Å². The fourth-order valence-electron chi connectivity index (χ4n) is 2.75. The molecule has 1 aliphatic rings. The SMILES string of the molecule is C(=C\c1ccccc1)/CN1CCC(Nc2ccncn2)CC1. The van der Waals surface area contributed by atoms with Gasteiger partial charge in [-0.25, -0.2) is 9.97 Å². The molecule has 4 nitrogen and oxygen atoms in total. The topological polar surface area (TPSA) is 41.0 Å². The molecule has 0 saturated carbocycles. The van der Waals surface area contributed by atoms with Crippen molar-refractivity contribution < 1.29 is 0 Å². The number of piperidine rings is 1. The minimum atomic E-state index is 0.518. The standard InChI is InChI=1S/C18H22N4/c1-2-5-16(6-3-1)7-4-12-22-13-9-17(10-14-22)21-18-8-11-19-15-20-18/h1-8,11,15,17H,9-10,12-14H2,(H,19,20,21)/b7-4+. The Bertz CT molecular complexity index is 575. The van der Waals surface area contributed by atoms with Crippen LogP contribution in [0.3, 0.4) is 0 Å².